The summed E-state index contributed by atoms with van der Waals surface area (Å²) >= 11 is 0. The summed E-state index contributed by atoms with van der Waals surface area (Å²) in [5.74, 6) is 0.530. The first kappa shape index (κ1) is 11.0. The van der Waals surface area contributed by atoms with E-state index in [2.05, 4.69) is 5.32 Å². The van der Waals surface area contributed by atoms with E-state index in [1.165, 1.54) is 0 Å². The maximum absolute atomic E-state index is 11.8. The van der Waals surface area contributed by atoms with Crippen LogP contribution in [-0.4, -0.2) is 32.0 Å². The molecule has 0 aliphatic carbocycles. The molecule has 3 nitrogen and oxygen atoms in total. The Hall–Kier alpha value is -0.0900. The third-order valence-corrected chi connectivity index (χ3v) is 5.24. The van der Waals surface area contributed by atoms with Crippen LogP contribution in [0.1, 0.15) is 27.2 Å². The average molecular weight is 205 g/mol. The quantitative estimate of drug-likeness (QED) is 0.725. The van der Waals surface area contributed by atoms with Gasteiger partial charge in [-0.2, -0.15) is 0 Å². The van der Waals surface area contributed by atoms with Crippen LogP contribution in [0, 0.1) is 5.92 Å². The Morgan fingerprint density at radius 2 is 2.08 bits per heavy atom. The van der Waals surface area contributed by atoms with Gasteiger partial charge in [-0.25, -0.2) is 8.42 Å². The molecule has 1 N–H and O–H groups in total. The van der Waals surface area contributed by atoms with Gasteiger partial charge in [0.25, 0.3) is 0 Å². The molecule has 0 saturated carbocycles. The number of nitrogens with one attached hydrogen (secondary N) is 1. The van der Waals surface area contributed by atoms with Gasteiger partial charge in [0.2, 0.25) is 0 Å². The molecule has 4 heteroatoms. The van der Waals surface area contributed by atoms with Crippen LogP contribution in [0.2, 0.25) is 0 Å². The van der Waals surface area contributed by atoms with Crippen LogP contribution in [-0.2, 0) is 9.84 Å². The van der Waals surface area contributed by atoms with Gasteiger partial charge in [0.15, 0.2) is 9.84 Å². The highest BCUT2D eigenvalue weighted by Crippen LogP contribution is 2.18. The fourth-order valence-corrected chi connectivity index (χ4v) is 4.13. The standard InChI is InChI=1S/C9H19NO2S/c1-4-8-6-13(11,12)9(5-10-8)7(2)3/h7-10H,4-6H2,1-3H3. The molecular weight excluding hydrogens is 186 g/mol. The van der Waals surface area contributed by atoms with Crippen molar-refractivity contribution in [2.75, 3.05) is 12.3 Å². The lowest BCUT2D eigenvalue weighted by Crippen LogP contribution is -2.52. The van der Waals surface area contributed by atoms with E-state index in [1.54, 1.807) is 0 Å². The van der Waals surface area contributed by atoms with Crippen LogP contribution in [0.25, 0.3) is 0 Å². The Bertz CT molecular complexity index is 259. The monoisotopic (exact) mass is 205 g/mol. The minimum atomic E-state index is -2.85. The van der Waals surface area contributed by atoms with Crippen molar-refractivity contribution in [3.05, 3.63) is 0 Å². The van der Waals surface area contributed by atoms with Gasteiger partial charge in [-0.1, -0.05) is 20.8 Å². The second kappa shape index (κ2) is 3.96. The fraction of sp³-hybridized carbons (Fsp3) is 1.00. The molecule has 1 aliphatic rings. The summed E-state index contributed by atoms with van der Waals surface area (Å²) in [7, 11) is -2.85. The molecule has 0 spiro atoms. The van der Waals surface area contributed by atoms with Gasteiger partial charge in [0.05, 0.1) is 11.0 Å². The fourth-order valence-electron chi connectivity index (χ4n) is 1.79. The number of hydrogen-bond acceptors (Lipinski definition) is 3. The lowest BCUT2D eigenvalue weighted by atomic mass is 10.1. The van der Waals surface area contributed by atoms with Crippen LogP contribution in [0.15, 0.2) is 0 Å². The van der Waals surface area contributed by atoms with E-state index in [0.717, 1.165) is 6.42 Å². The van der Waals surface area contributed by atoms with Gasteiger partial charge in [0.1, 0.15) is 0 Å². The largest absolute Gasteiger partial charge is 0.312 e. The highest BCUT2D eigenvalue weighted by Gasteiger charge is 2.34. The lowest BCUT2D eigenvalue weighted by Gasteiger charge is -2.31. The Balaban J connectivity index is 2.74. The number of hydrogen-bond donors (Lipinski definition) is 1. The minimum Gasteiger partial charge on any atom is -0.312 e. The molecule has 2 atom stereocenters. The van der Waals surface area contributed by atoms with Gasteiger partial charge in [-0.3, -0.25) is 0 Å². The smallest absolute Gasteiger partial charge is 0.156 e. The molecule has 0 bridgehead atoms. The molecule has 0 radical (unpaired) electrons. The SMILES string of the molecule is CCC1CS(=O)(=O)C(C(C)C)CN1. The van der Waals surface area contributed by atoms with E-state index in [4.69, 9.17) is 0 Å². The van der Waals surface area contributed by atoms with E-state index >= 15 is 0 Å². The summed E-state index contributed by atoms with van der Waals surface area (Å²) < 4.78 is 23.5. The van der Waals surface area contributed by atoms with E-state index < -0.39 is 9.84 Å². The molecule has 13 heavy (non-hydrogen) atoms. The third kappa shape index (κ3) is 2.44. The second-order valence-electron chi connectivity index (χ2n) is 4.13. The van der Waals surface area contributed by atoms with Crippen LogP contribution in [0.4, 0.5) is 0 Å². The van der Waals surface area contributed by atoms with Gasteiger partial charge < -0.3 is 5.32 Å². The normalized spacial score (nSPS) is 33.5. The molecule has 0 amide bonds. The minimum absolute atomic E-state index is 0.167. The Labute approximate surface area is 80.8 Å². The molecule has 1 aliphatic heterocycles. The zero-order chi connectivity index (χ0) is 10.1. The van der Waals surface area contributed by atoms with Crippen molar-refractivity contribution in [1.29, 1.82) is 0 Å². The molecular formula is C9H19NO2S. The molecule has 0 aromatic heterocycles. The molecule has 1 heterocycles. The van der Waals surface area contributed by atoms with Gasteiger partial charge >= 0.3 is 0 Å². The summed E-state index contributed by atoms with van der Waals surface area (Å²) in [5, 5.41) is 3.09. The summed E-state index contributed by atoms with van der Waals surface area (Å²) in [5.41, 5.74) is 0. The molecule has 78 valence electrons. The molecule has 2 unspecified atom stereocenters. The Kier molecular flexibility index (Phi) is 3.35. The van der Waals surface area contributed by atoms with Gasteiger partial charge in [-0.15, -0.1) is 0 Å². The van der Waals surface area contributed by atoms with Crippen molar-refractivity contribution in [3.63, 3.8) is 0 Å². The lowest BCUT2D eigenvalue weighted by molar-refractivity contribution is 0.435. The van der Waals surface area contributed by atoms with Crippen LogP contribution in [0.3, 0.4) is 0 Å². The molecule has 0 aromatic rings. The van der Waals surface area contributed by atoms with Crippen LogP contribution in [0.5, 0.6) is 0 Å². The van der Waals surface area contributed by atoms with E-state index in [9.17, 15) is 8.42 Å². The highest BCUT2D eigenvalue weighted by atomic mass is 32.2. The third-order valence-electron chi connectivity index (χ3n) is 2.74. The van der Waals surface area contributed by atoms with E-state index in [-0.39, 0.29) is 17.2 Å². The van der Waals surface area contributed by atoms with Crippen molar-refractivity contribution >= 4 is 9.84 Å². The number of rotatable bonds is 2. The van der Waals surface area contributed by atoms with Crippen molar-refractivity contribution in [1.82, 2.24) is 5.32 Å². The molecule has 1 saturated heterocycles. The van der Waals surface area contributed by atoms with Crippen LogP contribution >= 0.6 is 0 Å². The summed E-state index contributed by atoms with van der Waals surface area (Å²) in [6.07, 6.45) is 0.893. The maximum Gasteiger partial charge on any atom is 0.156 e. The van der Waals surface area contributed by atoms with Crippen molar-refractivity contribution in [3.8, 4) is 0 Å². The van der Waals surface area contributed by atoms with E-state index in [1.807, 2.05) is 20.8 Å². The predicted octanol–water partition coefficient (Wildman–Crippen LogP) is 0.808. The average Bonchev–Trinajstić information content (AvgIpc) is 2.01. The zero-order valence-electron chi connectivity index (χ0n) is 8.58. The zero-order valence-corrected chi connectivity index (χ0v) is 9.39. The first-order valence-corrected chi connectivity index (χ1v) is 6.64. The van der Waals surface area contributed by atoms with Crippen molar-refractivity contribution in [2.24, 2.45) is 5.92 Å². The predicted molar refractivity (Wildman–Crippen MR) is 54.5 cm³/mol. The van der Waals surface area contributed by atoms with Gasteiger partial charge in [0, 0.05) is 12.6 Å². The molecule has 1 rings (SSSR count). The summed E-state index contributed by atoms with van der Waals surface area (Å²) in [6, 6.07) is 0.167. The summed E-state index contributed by atoms with van der Waals surface area (Å²) in [4.78, 5) is 0. The summed E-state index contributed by atoms with van der Waals surface area (Å²) in [6.45, 7) is 6.58. The first-order chi connectivity index (χ1) is 5.97. The Morgan fingerprint density at radius 1 is 1.46 bits per heavy atom. The van der Waals surface area contributed by atoms with Gasteiger partial charge in [-0.05, 0) is 12.3 Å². The molecule has 1 fully saturated rings. The van der Waals surface area contributed by atoms with Crippen molar-refractivity contribution in [2.45, 2.75) is 38.5 Å². The number of sulfone groups is 1. The Morgan fingerprint density at radius 3 is 2.46 bits per heavy atom. The topological polar surface area (TPSA) is 46.2 Å². The maximum atomic E-state index is 11.8. The molecule has 0 aromatic carbocycles. The highest BCUT2D eigenvalue weighted by molar-refractivity contribution is 7.92. The van der Waals surface area contributed by atoms with Crippen LogP contribution < -0.4 is 5.32 Å². The van der Waals surface area contributed by atoms with Crippen molar-refractivity contribution < 1.29 is 8.42 Å². The van der Waals surface area contributed by atoms with E-state index in [0.29, 0.717) is 12.3 Å². The second-order valence-corrected chi connectivity index (χ2v) is 6.39. The first-order valence-electron chi connectivity index (χ1n) is 4.92.